The summed E-state index contributed by atoms with van der Waals surface area (Å²) in [5.41, 5.74) is 11.5. The number of likely N-dealkylation sites (N-methyl/N-ethyl adjacent to an activating group) is 1. The number of piperazine rings is 1. The highest BCUT2D eigenvalue weighted by Gasteiger charge is 2.32. The van der Waals surface area contributed by atoms with Crippen molar-refractivity contribution in [2.75, 3.05) is 73.4 Å². The largest absolute Gasteiger partial charge is 0.497 e. The first-order valence-corrected chi connectivity index (χ1v) is 21.8. The lowest BCUT2D eigenvalue weighted by Crippen LogP contribution is -2.46. The molecule has 0 aliphatic carbocycles. The smallest absolute Gasteiger partial charge is 0.303 e. The van der Waals surface area contributed by atoms with Crippen molar-refractivity contribution >= 4 is 77.5 Å². The van der Waals surface area contributed by atoms with Gasteiger partial charge in [-0.2, -0.15) is 0 Å². The number of carbonyl (C=O) groups excluding carboxylic acids is 3. The fraction of sp³-hybridized carbons (Fsp3) is 0.325. The number of sulfonamides is 2. The molecule has 1 heterocycles. The van der Waals surface area contributed by atoms with Crippen molar-refractivity contribution in [2.45, 2.75) is 36.0 Å². The lowest BCUT2D eigenvalue weighted by Gasteiger charge is -2.33. The summed E-state index contributed by atoms with van der Waals surface area (Å²) >= 11 is 0. The molecule has 328 valence electrons. The highest BCUT2D eigenvalue weighted by atomic mass is 32.2. The van der Waals surface area contributed by atoms with Crippen molar-refractivity contribution in [3.8, 4) is 5.75 Å². The van der Waals surface area contributed by atoms with Crippen LogP contribution < -0.4 is 30.1 Å². The van der Waals surface area contributed by atoms with Gasteiger partial charge in [-0.1, -0.05) is 31.2 Å². The number of hydrogen-bond acceptors (Lipinski definition) is 12. The number of aliphatic carboxylic acids is 2. The van der Waals surface area contributed by atoms with E-state index >= 15 is 0 Å². The van der Waals surface area contributed by atoms with Gasteiger partial charge in [0.15, 0.2) is 0 Å². The van der Waals surface area contributed by atoms with Gasteiger partial charge in [0.2, 0.25) is 17.7 Å². The number of anilines is 3. The predicted molar refractivity (Wildman–Crippen MR) is 227 cm³/mol. The molecule has 1 fully saturated rings. The number of nitrogens with zero attached hydrogens (tertiary/aromatic N) is 4. The monoisotopic (exact) mass is 883 g/mol. The van der Waals surface area contributed by atoms with Gasteiger partial charge in [-0.15, -0.1) is 0 Å². The number of primary amides is 2. The number of amides is 3. The molecule has 0 atom stereocenters. The Balaban J connectivity index is 0.000000929. The summed E-state index contributed by atoms with van der Waals surface area (Å²) in [5, 5.41) is 19.1. The zero-order chi connectivity index (χ0) is 44.9. The van der Waals surface area contributed by atoms with E-state index in [2.05, 4.69) is 22.0 Å². The molecular formula is C40H49N7O12S2. The third-order valence-corrected chi connectivity index (χ3v) is 13.1. The number of carboxylic acids is 2. The van der Waals surface area contributed by atoms with Crippen LogP contribution in [0.3, 0.4) is 0 Å². The van der Waals surface area contributed by atoms with Gasteiger partial charge in [0.05, 0.1) is 41.1 Å². The van der Waals surface area contributed by atoms with Crippen molar-refractivity contribution in [2.24, 2.45) is 11.5 Å². The highest BCUT2D eigenvalue weighted by Crippen LogP contribution is 2.38. The molecule has 3 amide bonds. The summed E-state index contributed by atoms with van der Waals surface area (Å²) in [4.78, 5) is 60.8. The van der Waals surface area contributed by atoms with Crippen LogP contribution in [0.25, 0.3) is 10.8 Å². The van der Waals surface area contributed by atoms with E-state index in [0.717, 1.165) is 41.3 Å². The molecule has 4 aromatic rings. The second-order valence-corrected chi connectivity index (χ2v) is 17.4. The molecule has 0 unspecified atom stereocenters. The Labute approximate surface area is 353 Å². The van der Waals surface area contributed by atoms with Gasteiger partial charge in [0.25, 0.3) is 20.0 Å². The van der Waals surface area contributed by atoms with Gasteiger partial charge in [-0.25, -0.2) is 16.8 Å². The first kappa shape index (κ1) is 47.4. The van der Waals surface area contributed by atoms with Crippen LogP contribution in [0.15, 0.2) is 94.7 Å². The molecule has 4 aromatic carbocycles. The number of nitrogens with two attached hydrogens (primary N) is 2. The second-order valence-electron chi connectivity index (χ2n) is 13.7. The molecule has 0 saturated carbocycles. The van der Waals surface area contributed by atoms with Crippen LogP contribution in [0.5, 0.6) is 5.75 Å². The van der Waals surface area contributed by atoms with E-state index in [1.165, 1.54) is 67.8 Å². The van der Waals surface area contributed by atoms with Gasteiger partial charge >= 0.3 is 11.9 Å². The lowest BCUT2D eigenvalue weighted by molar-refractivity contribution is -0.143. The number of hydrogen-bond donors (Lipinski definition) is 5. The van der Waals surface area contributed by atoms with Crippen molar-refractivity contribution in [1.82, 2.24) is 9.80 Å². The number of fused-ring (bicyclic) bond motifs is 1. The summed E-state index contributed by atoms with van der Waals surface area (Å²) < 4.78 is 63.0. The summed E-state index contributed by atoms with van der Waals surface area (Å²) in [6.07, 6.45) is -0.315. The highest BCUT2D eigenvalue weighted by molar-refractivity contribution is 7.93. The van der Waals surface area contributed by atoms with Crippen molar-refractivity contribution in [1.29, 1.82) is 0 Å². The molecule has 0 spiro atoms. The molecule has 1 saturated heterocycles. The van der Waals surface area contributed by atoms with Crippen LogP contribution in [0.1, 0.15) is 26.2 Å². The van der Waals surface area contributed by atoms with Gasteiger partial charge in [0, 0.05) is 55.6 Å². The van der Waals surface area contributed by atoms with Crippen molar-refractivity contribution < 1.29 is 55.8 Å². The summed E-state index contributed by atoms with van der Waals surface area (Å²) in [7, 11) is -7.40. The van der Waals surface area contributed by atoms with Crippen LogP contribution in [-0.2, 0) is 44.0 Å². The zero-order valence-electron chi connectivity index (χ0n) is 33.6. The average Bonchev–Trinajstić information content (AvgIpc) is 3.23. The van der Waals surface area contributed by atoms with Gasteiger partial charge < -0.3 is 41.5 Å². The third-order valence-electron chi connectivity index (χ3n) is 9.51. The standard InChI is InChI=1S/C36H43N7O8S2.C4H6O4/c1-3-40-20-22-41(23-21-40)19-18-36(46)39-26-8-12-28(13-9-26)52(47,48)42(24-34(37)44)32-16-17-33(31-7-5-4-6-30(31)32)43(25-35(38)45)53(49,50)29-14-10-27(51-2)11-15-29;5-3(6)1-2-4(7)8/h4-17H,3,18-25H2,1-2H3,(H2,37,44)(H2,38,45)(H,39,46);1-2H2,(H,5,6)(H,7,8). The molecule has 5 rings (SSSR count). The minimum atomic E-state index is -4.46. The number of rotatable bonds is 19. The normalized spacial score (nSPS) is 13.3. The molecule has 0 radical (unpaired) electrons. The Bertz CT molecular complexity index is 2410. The Hall–Kier alpha value is -6.29. The third kappa shape index (κ3) is 12.9. The summed E-state index contributed by atoms with van der Waals surface area (Å²) in [6.45, 7) is 5.97. The molecule has 0 aromatic heterocycles. The number of methoxy groups -OCH3 is 1. The van der Waals surface area contributed by atoms with Gasteiger partial charge in [-0.3, -0.25) is 32.6 Å². The molecule has 19 nitrogen and oxygen atoms in total. The molecule has 7 N–H and O–H groups in total. The first-order chi connectivity index (χ1) is 28.9. The Morgan fingerprint density at radius 3 is 1.48 bits per heavy atom. The minimum absolute atomic E-state index is 0.0289. The fourth-order valence-corrected chi connectivity index (χ4v) is 9.22. The number of nitrogens with one attached hydrogen (secondary N) is 1. The Morgan fingerprint density at radius 2 is 1.08 bits per heavy atom. The maximum absolute atomic E-state index is 14.2. The van der Waals surface area contributed by atoms with Crippen LogP contribution in [0.4, 0.5) is 17.1 Å². The molecule has 1 aliphatic rings. The van der Waals surface area contributed by atoms with Gasteiger partial charge in [-0.05, 0) is 67.2 Å². The summed E-state index contributed by atoms with van der Waals surface area (Å²) in [6, 6.07) is 20.1. The first-order valence-electron chi connectivity index (χ1n) is 18.9. The van der Waals surface area contributed by atoms with Crippen molar-refractivity contribution in [3.63, 3.8) is 0 Å². The van der Waals surface area contributed by atoms with E-state index in [1.807, 2.05) is 0 Å². The van der Waals surface area contributed by atoms with Crippen LogP contribution in [0.2, 0.25) is 0 Å². The van der Waals surface area contributed by atoms with E-state index in [0.29, 0.717) is 18.0 Å². The maximum Gasteiger partial charge on any atom is 0.303 e. The quantitative estimate of drug-likeness (QED) is 0.0903. The molecule has 0 bridgehead atoms. The van der Waals surface area contributed by atoms with E-state index in [1.54, 1.807) is 24.3 Å². The molecular weight excluding hydrogens is 835 g/mol. The topological polar surface area (TPSA) is 280 Å². The van der Waals surface area contributed by atoms with E-state index in [4.69, 9.17) is 26.4 Å². The number of carboxylic acid groups (broad SMARTS) is 2. The fourth-order valence-electron chi connectivity index (χ4n) is 6.32. The predicted octanol–water partition coefficient (Wildman–Crippen LogP) is 2.11. The van der Waals surface area contributed by atoms with E-state index in [-0.39, 0.29) is 57.1 Å². The average molecular weight is 884 g/mol. The summed E-state index contributed by atoms with van der Waals surface area (Å²) in [5.74, 6) is -3.82. The Kier molecular flexibility index (Phi) is 16.5. The Morgan fingerprint density at radius 1 is 0.656 bits per heavy atom. The van der Waals surface area contributed by atoms with E-state index < -0.39 is 56.9 Å². The zero-order valence-corrected chi connectivity index (χ0v) is 35.2. The van der Waals surface area contributed by atoms with E-state index in [9.17, 15) is 40.8 Å². The SMILES string of the molecule is CCN1CCN(CCC(=O)Nc2ccc(S(=O)(=O)N(CC(N)=O)c3ccc(N(CC(N)=O)S(=O)(=O)c4ccc(OC)cc4)c4ccccc34)cc2)CC1.O=C(O)CCC(=O)O. The van der Waals surface area contributed by atoms with Crippen LogP contribution in [-0.4, -0.2) is 126 Å². The maximum atomic E-state index is 14.2. The van der Waals surface area contributed by atoms with Crippen LogP contribution in [0, 0.1) is 0 Å². The minimum Gasteiger partial charge on any atom is -0.497 e. The van der Waals surface area contributed by atoms with Crippen LogP contribution >= 0.6 is 0 Å². The molecule has 61 heavy (non-hydrogen) atoms. The molecule has 21 heteroatoms. The number of benzene rings is 4. The molecule has 1 aliphatic heterocycles. The lowest BCUT2D eigenvalue weighted by atomic mass is 10.1. The van der Waals surface area contributed by atoms with Crippen molar-refractivity contribution in [3.05, 3.63) is 84.9 Å². The van der Waals surface area contributed by atoms with Gasteiger partial charge in [0.1, 0.15) is 18.8 Å². The second kappa shape index (κ2) is 21.3. The number of ether oxygens (including phenoxy) is 1. The number of carbonyl (C=O) groups is 5.